The Bertz CT molecular complexity index is 988. The third-order valence-corrected chi connectivity index (χ3v) is 7.07. The molecule has 2 fully saturated rings. The fourth-order valence-corrected chi connectivity index (χ4v) is 5.27. The van der Waals surface area contributed by atoms with Gasteiger partial charge in [-0.15, -0.1) is 0 Å². The van der Waals surface area contributed by atoms with Crippen molar-refractivity contribution in [2.75, 3.05) is 37.7 Å². The summed E-state index contributed by atoms with van der Waals surface area (Å²) in [5, 5.41) is 23.4. The Morgan fingerprint density at radius 2 is 2.03 bits per heavy atom. The zero-order valence-electron chi connectivity index (χ0n) is 18.1. The van der Waals surface area contributed by atoms with Gasteiger partial charge in [0.25, 0.3) is 0 Å². The van der Waals surface area contributed by atoms with E-state index < -0.39 is 11.7 Å². The van der Waals surface area contributed by atoms with E-state index in [0.29, 0.717) is 18.8 Å². The van der Waals surface area contributed by atoms with Crippen LogP contribution in [0.5, 0.6) is 0 Å². The van der Waals surface area contributed by atoms with Crippen LogP contribution in [0.1, 0.15) is 36.5 Å². The third kappa shape index (κ3) is 4.34. The number of nitriles is 1. The van der Waals surface area contributed by atoms with Crippen molar-refractivity contribution in [3.05, 3.63) is 47.3 Å². The minimum absolute atomic E-state index is 0.0363. The molecule has 1 aromatic carbocycles. The summed E-state index contributed by atoms with van der Waals surface area (Å²) in [5.41, 5.74) is 0.369. The Balaban J connectivity index is 1.45. The molecule has 0 saturated carbocycles. The summed E-state index contributed by atoms with van der Waals surface area (Å²) in [6.45, 7) is 6.69. The summed E-state index contributed by atoms with van der Waals surface area (Å²) in [4.78, 5) is 4.32. The highest BCUT2D eigenvalue weighted by Gasteiger charge is 2.47. The lowest BCUT2D eigenvalue weighted by Gasteiger charge is -2.43. The number of aryl methyl sites for hydroxylation is 1. The van der Waals surface area contributed by atoms with E-state index in [2.05, 4.69) is 10.00 Å². The Morgan fingerprint density at radius 3 is 2.62 bits per heavy atom. The van der Waals surface area contributed by atoms with Crippen molar-refractivity contribution in [2.24, 2.45) is 11.3 Å². The quantitative estimate of drug-likeness (QED) is 0.760. The van der Waals surface area contributed by atoms with E-state index in [4.69, 9.17) is 5.26 Å². The number of likely N-dealkylation sites (tertiary alicyclic amines) is 1. The second kappa shape index (κ2) is 8.75. The fraction of sp³-hybridized carbons (Fsp3) is 0.565. The molecule has 2 aliphatic heterocycles. The second-order valence-electron chi connectivity index (χ2n) is 8.94. The zero-order valence-corrected chi connectivity index (χ0v) is 18.1. The smallest absolute Gasteiger partial charge is 0.396 e. The standard InChI is InChI=1S/C23H28F3N5O/c1-2-31-13-17(11-28-31)12-29-14-19(15-32)22(16-29)5-7-30(8-6-22)20-4-3-18(10-27)21(9-20)23(24,25)26/h3-4,9,11,13,19,32H,2,5-8,12,14-16H2,1H3. The Labute approximate surface area is 185 Å². The number of hydrogen-bond acceptors (Lipinski definition) is 5. The van der Waals surface area contributed by atoms with Crippen LogP contribution in [0.15, 0.2) is 30.6 Å². The van der Waals surface area contributed by atoms with Gasteiger partial charge in [-0.1, -0.05) is 0 Å². The third-order valence-electron chi connectivity index (χ3n) is 7.07. The summed E-state index contributed by atoms with van der Waals surface area (Å²) < 4.78 is 42.0. The highest BCUT2D eigenvalue weighted by Crippen LogP contribution is 2.46. The first-order chi connectivity index (χ1) is 15.3. The Morgan fingerprint density at radius 1 is 1.28 bits per heavy atom. The van der Waals surface area contributed by atoms with Crippen molar-refractivity contribution >= 4 is 5.69 Å². The summed E-state index contributed by atoms with van der Waals surface area (Å²) in [5.74, 6) is 0.151. The van der Waals surface area contributed by atoms with Gasteiger partial charge in [0.05, 0.1) is 23.4 Å². The monoisotopic (exact) mass is 447 g/mol. The zero-order chi connectivity index (χ0) is 22.9. The molecule has 0 radical (unpaired) electrons. The SMILES string of the molecule is CCn1cc(CN2CC(CO)C3(CCN(c4ccc(C#N)c(C(F)(F)F)c4)CC3)C2)cn1. The largest absolute Gasteiger partial charge is 0.417 e. The van der Waals surface area contributed by atoms with Crippen molar-refractivity contribution in [2.45, 2.75) is 39.0 Å². The van der Waals surface area contributed by atoms with Crippen LogP contribution in [0.2, 0.25) is 0 Å². The Hall–Kier alpha value is -2.57. The van der Waals surface area contributed by atoms with Crippen molar-refractivity contribution in [3.63, 3.8) is 0 Å². The lowest BCUT2D eigenvalue weighted by Crippen LogP contribution is -2.45. The number of alkyl halides is 3. The van der Waals surface area contributed by atoms with Crippen LogP contribution in [0.25, 0.3) is 0 Å². The van der Waals surface area contributed by atoms with Crippen molar-refractivity contribution < 1.29 is 18.3 Å². The molecule has 6 nitrogen and oxygen atoms in total. The summed E-state index contributed by atoms with van der Waals surface area (Å²) in [7, 11) is 0. The normalized spacial score (nSPS) is 21.2. The first kappa shape index (κ1) is 22.6. The summed E-state index contributed by atoms with van der Waals surface area (Å²) >= 11 is 0. The van der Waals surface area contributed by atoms with Crippen LogP contribution in [0.3, 0.4) is 0 Å². The minimum Gasteiger partial charge on any atom is -0.396 e. The van der Waals surface area contributed by atoms with Gasteiger partial charge in [0.2, 0.25) is 0 Å². The molecule has 1 atom stereocenters. The van der Waals surface area contributed by atoms with Crippen LogP contribution in [0, 0.1) is 22.7 Å². The van der Waals surface area contributed by atoms with Gasteiger partial charge in [0, 0.05) is 69.2 Å². The molecule has 2 aliphatic rings. The predicted octanol–water partition coefficient (Wildman–Crippen LogP) is 3.50. The first-order valence-electron chi connectivity index (χ1n) is 11.0. The molecule has 1 N–H and O–H groups in total. The van der Waals surface area contributed by atoms with Crippen molar-refractivity contribution in [1.29, 1.82) is 5.26 Å². The van der Waals surface area contributed by atoms with Crippen LogP contribution in [0.4, 0.5) is 18.9 Å². The lowest BCUT2D eigenvalue weighted by atomic mass is 9.71. The summed E-state index contributed by atoms with van der Waals surface area (Å²) in [6, 6.07) is 5.58. The molecule has 4 rings (SSSR count). The fourth-order valence-electron chi connectivity index (χ4n) is 5.27. The van der Waals surface area contributed by atoms with Crippen molar-refractivity contribution in [1.82, 2.24) is 14.7 Å². The van der Waals surface area contributed by atoms with Gasteiger partial charge in [-0.2, -0.15) is 23.5 Å². The van der Waals surface area contributed by atoms with E-state index >= 15 is 0 Å². The second-order valence-corrected chi connectivity index (χ2v) is 8.94. The molecule has 2 saturated heterocycles. The maximum atomic E-state index is 13.4. The summed E-state index contributed by atoms with van der Waals surface area (Å²) in [6.07, 6.45) is 0.991. The highest BCUT2D eigenvalue weighted by atomic mass is 19.4. The number of aliphatic hydroxyl groups is 1. The highest BCUT2D eigenvalue weighted by molar-refractivity contribution is 5.55. The van der Waals surface area contributed by atoms with Crippen LogP contribution >= 0.6 is 0 Å². The lowest BCUT2D eigenvalue weighted by molar-refractivity contribution is -0.137. The van der Waals surface area contributed by atoms with Gasteiger partial charge in [-0.25, -0.2) is 0 Å². The average Bonchev–Trinajstić information content (AvgIpc) is 3.37. The van der Waals surface area contributed by atoms with E-state index in [1.807, 2.05) is 28.9 Å². The number of halogens is 3. The minimum atomic E-state index is -4.56. The average molecular weight is 448 g/mol. The molecular weight excluding hydrogens is 419 g/mol. The Kier molecular flexibility index (Phi) is 6.19. The van der Waals surface area contributed by atoms with Gasteiger partial charge < -0.3 is 10.0 Å². The molecule has 1 spiro atoms. The topological polar surface area (TPSA) is 68.3 Å². The van der Waals surface area contributed by atoms with E-state index in [0.717, 1.165) is 50.7 Å². The van der Waals surface area contributed by atoms with Crippen LogP contribution in [-0.2, 0) is 19.3 Å². The maximum absolute atomic E-state index is 13.4. The number of nitrogens with zero attached hydrogens (tertiary/aromatic N) is 5. The number of rotatable bonds is 5. The molecule has 1 unspecified atom stereocenters. The van der Waals surface area contributed by atoms with E-state index in [-0.39, 0.29) is 23.5 Å². The number of hydrogen-bond donors (Lipinski definition) is 1. The molecule has 32 heavy (non-hydrogen) atoms. The molecule has 3 heterocycles. The molecule has 0 bridgehead atoms. The van der Waals surface area contributed by atoms with Crippen LogP contribution < -0.4 is 4.90 Å². The van der Waals surface area contributed by atoms with Crippen LogP contribution in [-0.4, -0.2) is 52.6 Å². The molecule has 2 aromatic rings. The first-order valence-corrected chi connectivity index (χ1v) is 11.0. The molecule has 0 aliphatic carbocycles. The molecule has 9 heteroatoms. The number of aromatic nitrogens is 2. The van der Waals surface area contributed by atoms with E-state index in [1.165, 1.54) is 6.07 Å². The van der Waals surface area contributed by atoms with E-state index in [1.54, 1.807) is 12.1 Å². The molecular formula is C23H28F3N5O. The van der Waals surface area contributed by atoms with E-state index in [9.17, 15) is 18.3 Å². The van der Waals surface area contributed by atoms with Gasteiger partial charge in [-0.3, -0.25) is 9.58 Å². The van der Waals surface area contributed by atoms with Gasteiger partial charge in [0.1, 0.15) is 0 Å². The van der Waals surface area contributed by atoms with Gasteiger partial charge in [-0.05, 0) is 43.4 Å². The number of benzene rings is 1. The van der Waals surface area contributed by atoms with Crippen molar-refractivity contribution in [3.8, 4) is 6.07 Å². The predicted molar refractivity (Wildman–Crippen MR) is 114 cm³/mol. The molecule has 172 valence electrons. The molecule has 1 aromatic heterocycles. The number of piperidine rings is 1. The van der Waals surface area contributed by atoms with Gasteiger partial charge >= 0.3 is 6.18 Å². The maximum Gasteiger partial charge on any atom is 0.417 e. The molecule has 0 amide bonds. The number of anilines is 1. The van der Waals surface area contributed by atoms with Gasteiger partial charge in [0.15, 0.2) is 0 Å². The number of aliphatic hydroxyl groups excluding tert-OH is 1.